The molecule has 0 fully saturated rings. The van der Waals surface area contributed by atoms with Gasteiger partial charge in [-0.05, 0) is 6.92 Å². The molecule has 15 heavy (non-hydrogen) atoms. The van der Waals surface area contributed by atoms with Gasteiger partial charge in [-0.2, -0.15) is 0 Å². The van der Waals surface area contributed by atoms with Crippen LogP contribution in [0.5, 0.6) is 0 Å². The standard InChI is InChI=1S/C9H13NO4S/c1-6(11)7-4-10(5-13-2)8(15-7)9(12)14-3/h4,8H,5H2,1-3H3. The maximum absolute atomic E-state index is 11.4. The Bertz CT molecular complexity index is 302. The Labute approximate surface area is 92.4 Å². The van der Waals surface area contributed by atoms with Crippen LogP contribution in [0, 0.1) is 0 Å². The maximum atomic E-state index is 11.4. The molecule has 84 valence electrons. The number of hydrogen-bond acceptors (Lipinski definition) is 6. The molecule has 0 saturated carbocycles. The Balaban J connectivity index is 2.76. The Kier molecular flexibility index (Phi) is 4.16. The highest BCUT2D eigenvalue weighted by molar-refractivity contribution is 8.05. The molecule has 1 aliphatic rings. The Morgan fingerprint density at radius 2 is 2.20 bits per heavy atom. The number of carbonyl (C=O) groups excluding carboxylic acids is 2. The van der Waals surface area contributed by atoms with Crippen molar-refractivity contribution >= 4 is 23.5 Å². The van der Waals surface area contributed by atoms with Crippen LogP contribution in [0.25, 0.3) is 0 Å². The van der Waals surface area contributed by atoms with Gasteiger partial charge in [0.15, 0.2) is 11.2 Å². The van der Waals surface area contributed by atoms with Crippen molar-refractivity contribution in [3.63, 3.8) is 0 Å². The van der Waals surface area contributed by atoms with Crippen molar-refractivity contribution in [2.45, 2.75) is 12.3 Å². The number of Topliss-reactive ketones (excluding diaryl/α,β-unsaturated/α-hetero) is 1. The number of methoxy groups -OCH3 is 2. The molecular formula is C9H13NO4S. The topological polar surface area (TPSA) is 55.8 Å². The molecule has 5 nitrogen and oxygen atoms in total. The van der Waals surface area contributed by atoms with Gasteiger partial charge in [0.25, 0.3) is 0 Å². The van der Waals surface area contributed by atoms with Gasteiger partial charge in [0.2, 0.25) is 0 Å². The van der Waals surface area contributed by atoms with Crippen LogP contribution in [-0.2, 0) is 19.1 Å². The summed E-state index contributed by atoms with van der Waals surface area (Å²) in [5.74, 6) is -0.447. The van der Waals surface area contributed by atoms with Crippen LogP contribution in [0.3, 0.4) is 0 Å². The van der Waals surface area contributed by atoms with Crippen molar-refractivity contribution in [3.05, 3.63) is 11.1 Å². The first-order chi connectivity index (χ1) is 7.10. The largest absolute Gasteiger partial charge is 0.467 e. The molecule has 0 N–H and O–H groups in total. The predicted molar refractivity (Wildman–Crippen MR) is 55.9 cm³/mol. The Morgan fingerprint density at radius 1 is 1.53 bits per heavy atom. The van der Waals surface area contributed by atoms with Gasteiger partial charge in [-0.3, -0.25) is 4.79 Å². The number of ketones is 1. The Hall–Kier alpha value is -1.01. The number of thioether (sulfide) groups is 1. The summed E-state index contributed by atoms with van der Waals surface area (Å²) >= 11 is 1.18. The third kappa shape index (κ3) is 2.73. The number of allylic oxidation sites excluding steroid dienone is 1. The quantitative estimate of drug-likeness (QED) is 0.659. The first-order valence-electron chi connectivity index (χ1n) is 4.32. The SMILES string of the molecule is COCN1C=C(C(C)=O)SC1C(=O)OC. The van der Waals surface area contributed by atoms with Gasteiger partial charge in [-0.25, -0.2) is 4.79 Å². The molecule has 0 aliphatic carbocycles. The number of hydrogen-bond donors (Lipinski definition) is 0. The number of nitrogens with zero attached hydrogens (tertiary/aromatic N) is 1. The minimum Gasteiger partial charge on any atom is -0.467 e. The van der Waals surface area contributed by atoms with Crippen LogP contribution >= 0.6 is 11.8 Å². The van der Waals surface area contributed by atoms with Crippen LogP contribution in [-0.4, -0.2) is 43.0 Å². The van der Waals surface area contributed by atoms with E-state index in [0.29, 0.717) is 4.91 Å². The first-order valence-corrected chi connectivity index (χ1v) is 5.20. The van der Waals surface area contributed by atoms with E-state index in [4.69, 9.17) is 4.74 Å². The average Bonchev–Trinajstić information content (AvgIpc) is 2.61. The van der Waals surface area contributed by atoms with Crippen LogP contribution in [0.1, 0.15) is 6.92 Å². The van der Waals surface area contributed by atoms with Gasteiger partial charge in [0.1, 0.15) is 6.73 Å². The summed E-state index contributed by atoms with van der Waals surface area (Å²) in [7, 11) is 2.85. The van der Waals surface area contributed by atoms with E-state index >= 15 is 0 Å². The summed E-state index contributed by atoms with van der Waals surface area (Å²) in [5.41, 5.74) is 0. The molecule has 1 unspecified atom stereocenters. The molecule has 0 aromatic rings. The highest BCUT2D eigenvalue weighted by Crippen LogP contribution is 2.33. The molecule has 0 spiro atoms. The molecule has 0 amide bonds. The summed E-state index contributed by atoms with van der Waals surface area (Å²) in [6.07, 6.45) is 1.62. The third-order valence-electron chi connectivity index (χ3n) is 1.85. The van der Waals surface area contributed by atoms with E-state index in [9.17, 15) is 9.59 Å². The van der Waals surface area contributed by atoms with E-state index in [-0.39, 0.29) is 18.5 Å². The first kappa shape index (κ1) is 12.1. The summed E-state index contributed by atoms with van der Waals surface area (Å²) in [6, 6.07) is 0. The fraction of sp³-hybridized carbons (Fsp3) is 0.556. The number of carbonyl (C=O) groups is 2. The molecule has 6 heteroatoms. The number of rotatable bonds is 4. The molecule has 0 bridgehead atoms. The van der Waals surface area contributed by atoms with Crippen molar-refractivity contribution in [1.82, 2.24) is 4.90 Å². The molecule has 0 aromatic heterocycles. The van der Waals surface area contributed by atoms with Crippen molar-refractivity contribution in [3.8, 4) is 0 Å². The predicted octanol–water partition coefficient (Wildman–Crippen LogP) is 0.569. The van der Waals surface area contributed by atoms with E-state index < -0.39 is 5.37 Å². The lowest BCUT2D eigenvalue weighted by Gasteiger charge is -2.20. The molecule has 0 aromatic carbocycles. The third-order valence-corrected chi connectivity index (χ3v) is 3.18. The zero-order chi connectivity index (χ0) is 11.4. The number of ether oxygens (including phenoxy) is 2. The second-order valence-electron chi connectivity index (χ2n) is 2.97. The monoisotopic (exact) mass is 231 g/mol. The van der Waals surface area contributed by atoms with Crippen molar-refractivity contribution < 1.29 is 19.1 Å². The smallest absolute Gasteiger partial charge is 0.339 e. The second-order valence-corrected chi connectivity index (χ2v) is 4.10. The molecule has 0 radical (unpaired) electrons. The van der Waals surface area contributed by atoms with E-state index in [1.807, 2.05) is 0 Å². The Morgan fingerprint density at radius 3 is 2.67 bits per heavy atom. The van der Waals surface area contributed by atoms with Gasteiger partial charge in [-0.15, -0.1) is 0 Å². The van der Waals surface area contributed by atoms with Crippen LogP contribution in [0.15, 0.2) is 11.1 Å². The lowest BCUT2D eigenvalue weighted by Crippen LogP contribution is -2.34. The molecule has 1 aliphatic heterocycles. The lowest BCUT2D eigenvalue weighted by molar-refractivity contribution is -0.143. The minimum atomic E-state index is -0.520. The number of esters is 1. The molecule has 1 rings (SSSR count). The molecular weight excluding hydrogens is 218 g/mol. The van der Waals surface area contributed by atoms with Gasteiger partial charge in [-0.1, -0.05) is 11.8 Å². The summed E-state index contributed by atoms with van der Waals surface area (Å²) in [6.45, 7) is 1.72. The zero-order valence-electron chi connectivity index (χ0n) is 8.85. The fourth-order valence-electron chi connectivity index (χ4n) is 1.15. The van der Waals surface area contributed by atoms with E-state index in [1.54, 1.807) is 11.1 Å². The van der Waals surface area contributed by atoms with E-state index in [1.165, 1.54) is 32.9 Å². The maximum Gasteiger partial charge on any atom is 0.339 e. The highest BCUT2D eigenvalue weighted by atomic mass is 32.2. The normalized spacial score (nSPS) is 20.1. The lowest BCUT2D eigenvalue weighted by atomic mass is 10.4. The van der Waals surface area contributed by atoms with Crippen molar-refractivity contribution in [2.24, 2.45) is 0 Å². The summed E-state index contributed by atoms with van der Waals surface area (Å²) in [4.78, 5) is 24.7. The minimum absolute atomic E-state index is 0.0625. The van der Waals surface area contributed by atoms with Crippen molar-refractivity contribution in [1.29, 1.82) is 0 Å². The average molecular weight is 231 g/mol. The van der Waals surface area contributed by atoms with Gasteiger partial charge in [0, 0.05) is 13.3 Å². The van der Waals surface area contributed by atoms with Gasteiger partial charge in [0.05, 0.1) is 12.0 Å². The van der Waals surface area contributed by atoms with Crippen LogP contribution in [0.4, 0.5) is 0 Å². The van der Waals surface area contributed by atoms with Gasteiger partial charge < -0.3 is 14.4 Å². The zero-order valence-corrected chi connectivity index (χ0v) is 9.67. The second kappa shape index (κ2) is 5.18. The van der Waals surface area contributed by atoms with Crippen LogP contribution < -0.4 is 0 Å². The molecule has 1 heterocycles. The van der Waals surface area contributed by atoms with E-state index in [2.05, 4.69) is 4.74 Å². The van der Waals surface area contributed by atoms with Gasteiger partial charge >= 0.3 is 5.97 Å². The van der Waals surface area contributed by atoms with E-state index in [0.717, 1.165) is 0 Å². The highest BCUT2D eigenvalue weighted by Gasteiger charge is 2.33. The summed E-state index contributed by atoms with van der Waals surface area (Å²) < 4.78 is 9.56. The molecule has 0 saturated heterocycles. The van der Waals surface area contributed by atoms with Crippen LogP contribution in [0.2, 0.25) is 0 Å². The summed E-state index contributed by atoms with van der Waals surface area (Å²) in [5, 5.41) is -0.520. The fourth-order valence-corrected chi connectivity index (χ4v) is 2.20. The molecule has 1 atom stereocenters. The van der Waals surface area contributed by atoms with Crippen molar-refractivity contribution in [2.75, 3.05) is 21.0 Å².